The summed E-state index contributed by atoms with van der Waals surface area (Å²) in [5, 5.41) is 0. The number of hydrogen-bond acceptors (Lipinski definition) is 2. The average Bonchev–Trinajstić information content (AvgIpc) is 3.17. The summed E-state index contributed by atoms with van der Waals surface area (Å²) in [6.45, 7) is 1.67. The molecule has 0 aliphatic carbocycles. The monoisotopic (exact) mass is 313 g/mol. The van der Waals surface area contributed by atoms with Crippen molar-refractivity contribution in [1.82, 2.24) is 4.90 Å². The van der Waals surface area contributed by atoms with E-state index in [2.05, 4.69) is 0 Å². The first kappa shape index (κ1) is 15.3. The van der Waals surface area contributed by atoms with E-state index in [-0.39, 0.29) is 17.9 Å². The molecule has 1 aromatic carbocycles. The molecule has 2 atom stereocenters. The Balaban J connectivity index is 1.68. The third kappa shape index (κ3) is 3.11. The smallest absolute Gasteiger partial charge is 0.368 e. The number of hydrogen-bond donors (Lipinski definition) is 0. The van der Waals surface area contributed by atoms with Crippen LogP contribution in [0.4, 0.5) is 13.2 Å². The summed E-state index contributed by atoms with van der Waals surface area (Å²) in [6.07, 6.45) is -2.37. The van der Waals surface area contributed by atoms with E-state index >= 15 is 0 Å². The SMILES string of the molecule is O=C([C@@H]1CCCO1)N1CC[C@@H](c2cccc(C(F)(F)F)c2)C1. The molecule has 6 heteroatoms. The second kappa shape index (κ2) is 5.91. The number of ether oxygens (including phenoxy) is 1. The minimum absolute atomic E-state index is 0.0213. The van der Waals surface area contributed by atoms with Crippen molar-refractivity contribution in [3.05, 3.63) is 35.4 Å². The Morgan fingerprint density at radius 3 is 2.77 bits per heavy atom. The molecule has 0 aromatic heterocycles. The molecule has 3 rings (SSSR count). The minimum Gasteiger partial charge on any atom is -0.368 e. The Morgan fingerprint density at radius 1 is 1.27 bits per heavy atom. The molecule has 0 unspecified atom stereocenters. The van der Waals surface area contributed by atoms with Crippen LogP contribution in [0.2, 0.25) is 0 Å². The highest BCUT2D eigenvalue weighted by atomic mass is 19.4. The summed E-state index contributed by atoms with van der Waals surface area (Å²) >= 11 is 0. The molecule has 2 saturated heterocycles. The van der Waals surface area contributed by atoms with Crippen LogP contribution in [0.1, 0.15) is 36.3 Å². The van der Waals surface area contributed by atoms with Gasteiger partial charge in [-0.1, -0.05) is 18.2 Å². The van der Waals surface area contributed by atoms with Crippen LogP contribution >= 0.6 is 0 Å². The first-order valence-corrected chi connectivity index (χ1v) is 7.52. The summed E-state index contributed by atoms with van der Waals surface area (Å²) in [5.74, 6) is -0.0559. The number of amides is 1. The normalized spacial score (nSPS) is 25.7. The molecule has 1 amide bonds. The second-order valence-electron chi connectivity index (χ2n) is 5.89. The van der Waals surface area contributed by atoms with Crippen LogP contribution in [0.3, 0.4) is 0 Å². The molecule has 2 heterocycles. The van der Waals surface area contributed by atoms with E-state index in [0.29, 0.717) is 31.7 Å². The number of nitrogens with zero attached hydrogens (tertiary/aromatic N) is 1. The molecule has 2 fully saturated rings. The Bertz CT molecular complexity index is 553. The Labute approximate surface area is 127 Å². The van der Waals surface area contributed by atoms with E-state index in [1.165, 1.54) is 12.1 Å². The molecule has 3 nitrogen and oxygen atoms in total. The zero-order valence-electron chi connectivity index (χ0n) is 12.1. The van der Waals surface area contributed by atoms with Gasteiger partial charge in [0.25, 0.3) is 5.91 Å². The maximum atomic E-state index is 12.8. The predicted octanol–water partition coefficient (Wildman–Crippen LogP) is 3.20. The van der Waals surface area contributed by atoms with Gasteiger partial charge in [-0.15, -0.1) is 0 Å². The summed E-state index contributed by atoms with van der Waals surface area (Å²) < 4.78 is 43.7. The van der Waals surface area contributed by atoms with Crippen molar-refractivity contribution in [3.8, 4) is 0 Å². The number of rotatable bonds is 2. The van der Waals surface area contributed by atoms with Crippen molar-refractivity contribution in [2.24, 2.45) is 0 Å². The van der Waals surface area contributed by atoms with Gasteiger partial charge in [0.15, 0.2) is 0 Å². The van der Waals surface area contributed by atoms with Gasteiger partial charge in [0.05, 0.1) is 5.56 Å². The van der Waals surface area contributed by atoms with Crippen molar-refractivity contribution < 1.29 is 22.7 Å². The number of carbonyl (C=O) groups excluding carboxylic acids is 1. The highest BCUT2D eigenvalue weighted by Crippen LogP contribution is 2.34. The lowest BCUT2D eigenvalue weighted by molar-refractivity contribution is -0.140. The molecule has 0 spiro atoms. The molecular formula is C16H18F3NO2. The first-order valence-electron chi connectivity index (χ1n) is 7.52. The standard InChI is InChI=1S/C16H18F3NO2/c17-16(18,19)13-4-1-3-11(9-13)12-6-7-20(10-12)15(21)14-5-2-8-22-14/h1,3-4,9,12,14H,2,5-8,10H2/t12-,14+/m1/s1. The van der Waals surface area contributed by atoms with Gasteiger partial charge in [-0.3, -0.25) is 4.79 Å². The number of alkyl halides is 3. The molecule has 0 radical (unpaired) electrons. The highest BCUT2D eigenvalue weighted by Gasteiger charge is 2.35. The van der Waals surface area contributed by atoms with Gasteiger partial charge in [0.2, 0.25) is 0 Å². The van der Waals surface area contributed by atoms with E-state index in [4.69, 9.17) is 4.74 Å². The fourth-order valence-electron chi connectivity index (χ4n) is 3.18. The third-order valence-corrected chi connectivity index (χ3v) is 4.39. The Hall–Kier alpha value is -1.56. The second-order valence-corrected chi connectivity index (χ2v) is 5.89. The first-order chi connectivity index (χ1) is 10.4. The van der Waals surface area contributed by atoms with Crippen LogP contribution in [-0.4, -0.2) is 36.6 Å². The van der Waals surface area contributed by atoms with E-state index in [9.17, 15) is 18.0 Å². The molecule has 0 N–H and O–H groups in total. The number of carbonyl (C=O) groups is 1. The van der Waals surface area contributed by atoms with Crippen molar-refractivity contribution in [3.63, 3.8) is 0 Å². The van der Waals surface area contributed by atoms with Crippen LogP contribution < -0.4 is 0 Å². The van der Waals surface area contributed by atoms with E-state index in [1.807, 2.05) is 0 Å². The van der Waals surface area contributed by atoms with Gasteiger partial charge in [-0.2, -0.15) is 13.2 Å². The fourth-order valence-corrected chi connectivity index (χ4v) is 3.18. The van der Waals surface area contributed by atoms with Crippen LogP contribution in [0.25, 0.3) is 0 Å². The lowest BCUT2D eigenvalue weighted by atomic mass is 9.96. The number of likely N-dealkylation sites (tertiary alicyclic amines) is 1. The molecule has 2 aliphatic heterocycles. The Kier molecular flexibility index (Phi) is 4.12. The Morgan fingerprint density at radius 2 is 2.09 bits per heavy atom. The van der Waals surface area contributed by atoms with Crippen LogP contribution in [-0.2, 0) is 15.7 Å². The number of halogens is 3. The van der Waals surface area contributed by atoms with Crippen LogP contribution in [0.15, 0.2) is 24.3 Å². The average molecular weight is 313 g/mol. The van der Waals surface area contributed by atoms with E-state index in [0.717, 1.165) is 18.9 Å². The lowest BCUT2D eigenvalue weighted by Crippen LogP contribution is -2.37. The zero-order chi connectivity index (χ0) is 15.7. The van der Waals surface area contributed by atoms with Gasteiger partial charge in [-0.05, 0) is 30.9 Å². The molecule has 120 valence electrons. The molecule has 1 aromatic rings. The maximum Gasteiger partial charge on any atom is 0.416 e. The largest absolute Gasteiger partial charge is 0.416 e. The van der Waals surface area contributed by atoms with Gasteiger partial charge >= 0.3 is 6.18 Å². The van der Waals surface area contributed by atoms with Crippen molar-refractivity contribution in [1.29, 1.82) is 0 Å². The van der Waals surface area contributed by atoms with Gasteiger partial charge in [0.1, 0.15) is 6.10 Å². The summed E-state index contributed by atoms with van der Waals surface area (Å²) in [4.78, 5) is 14.0. The van der Waals surface area contributed by atoms with Crippen molar-refractivity contribution >= 4 is 5.91 Å². The van der Waals surface area contributed by atoms with Crippen molar-refractivity contribution in [2.75, 3.05) is 19.7 Å². The lowest BCUT2D eigenvalue weighted by Gasteiger charge is -2.20. The van der Waals surface area contributed by atoms with Gasteiger partial charge in [0, 0.05) is 25.6 Å². The summed E-state index contributed by atoms with van der Waals surface area (Å²) in [5.41, 5.74) is 0.0198. The molecule has 0 bridgehead atoms. The van der Waals surface area contributed by atoms with E-state index < -0.39 is 11.7 Å². The van der Waals surface area contributed by atoms with Crippen LogP contribution in [0.5, 0.6) is 0 Å². The highest BCUT2D eigenvalue weighted by molar-refractivity contribution is 5.81. The summed E-state index contributed by atoms with van der Waals surface area (Å²) in [7, 11) is 0. The van der Waals surface area contributed by atoms with E-state index in [1.54, 1.807) is 11.0 Å². The number of benzene rings is 1. The van der Waals surface area contributed by atoms with Crippen LogP contribution in [0, 0.1) is 0 Å². The topological polar surface area (TPSA) is 29.5 Å². The maximum absolute atomic E-state index is 12.8. The zero-order valence-corrected chi connectivity index (χ0v) is 12.1. The predicted molar refractivity (Wildman–Crippen MR) is 74.4 cm³/mol. The fraction of sp³-hybridized carbons (Fsp3) is 0.562. The van der Waals surface area contributed by atoms with Crippen molar-refractivity contribution in [2.45, 2.75) is 37.5 Å². The minimum atomic E-state index is -4.33. The molecule has 2 aliphatic rings. The third-order valence-electron chi connectivity index (χ3n) is 4.39. The summed E-state index contributed by atoms with van der Waals surface area (Å²) in [6, 6.07) is 5.42. The molecular weight excluding hydrogens is 295 g/mol. The quantitative estimate of drug-likeness (QED) is 0.839. The van der Waals surface area contributed by atoms with Gasteiger partial charge in [-0.25, -0.2) is 0 Å². The molecule has 0 saturated carbocycles. The van der Waals surface area contributed by atoms with Gasteiger partial charge < -0.3 is 9.64 Å². The molecule has 22 heavy (non-hydrogen) atoms.